The Bertz CT molecular complexity index is 737. The molecule has 112 valence electrons. The lowest BCUT2D eigenvalue weighted by Gasteiger charge is -2.15. The zero-order chi connectivity index (χ0) is 15.6. The average Bonchev–Trinajstić information content (AvgIpc) is 2.42. The average molecular weight is 304 g/mol. The van der Waals surface area contributed by atoms with Crippen LogP contribution in [0.2, 0.25) is 0 Å². The fraction of sp³-hybridized carbons (Fsp3) is 0.250. The Morgan fingerprint density at radius 2 is 1.67 bits per heavy atom. The first-order valence-electron chi connectivity index (χ1n) is 6.74. The van der Waals surface area contributed by atoms with Crippen LogP contribution in [0.1, 0.15) is 29.7 Å². The van der Waals surface area contributed by atoms with E-state index in [-0.39, 0.29) is 10.9 Å². The number of hydrogen-bond acceptors (Lipinski definition) is 3. The van der Waals surface area contributed by atoms with Gasteiger partial charge in [-0.2, -0.15) is 0 Å². The van der Waals surface area contributed by atoms with Gasteiger partial charge in [-0.1, -0.05) is 35.9 Å². The smallest absolute Gasteiger partial charge is 0.241 e. The lowest BCUT2D eigenvalue weighted by atomic mass is 10.1. The van der Waals surface area contributed by atoms with Crippen molar-refractivity contribution in [2.45, 2.75) is 31.7 Å². The van der Waals surface area contributed by atoms with Crippen LogP contribution in [0, 0.1) is 13.8 Å². The number of aryl methyl sites for hydroxylation is 2. The van der Waals surface area contributed by atoms with Gasteiger partial charge in [-0.15, -0.1) is 0 Å². The fourth-order valence-electron chi connectivity index (χ4n) is 2.01. The second-order valence-electron chi connectivity index (χ2n) is 5.27. The van der Waals surface area contributed by atoms with Gasteiger partial charge in [-0.05, 0) is 44.0 Å². The quantitative estimate of drug-likeness (QED) is 0.853. The third-order valence-corrected chi connectivity index (χ3v) is 5.01. The lowest BCUT2D eigenvalue weighted by molar-refractivity contribution is 0.567. The highest BCUT2D eigenvalue weighted by atomic mass is 32.2. The molecule has 21 heavy (non-hydrogen) atoms. The van der Waals surface area contributed by atoms with Crippen LogP contribution in [0.5, 0.6) is 0 Å². The molecule has 1 atom stereocenters. The van der Waals surface area contributed by atoms with Crippen molar-refractivity contribution >= 4 is 15.7 Å². The first kappa shape index (κ1) is 15.5. The molecule has 0 saturated carbocycles. The lowest BCUT2D eigenvalue weighted by Crippen LogP contribution is -2.27. The third kappa shape index (κ3) is 3.62. The highest BCUT2D eigenvalue weighted by Crippen LogP contribution is 2.20. The topological polar surface area (TPSA) is 72.2 Å². The zero-order valence-corrected chi connectivity index (χ0v) is 13.2. The standard InChI is InChI=1S/C16H20N2O2S/c1-11-4-7-14(8-5-11)13(3)18-21(19,20)15-9-6-12(2)16(17)10-15/h4-10,13,18H,17H2,1-3H3. The number of anilines is 1. The van der Waals surface area contributed by atoms with Crippen molar-refractivity contribution in [1.29, 1.82) is 0 Å². The van der Waals surface area contributed by atoms with Gasteiger partial charge in [-0.25, -0.2) is 13.1 Å². The molecule has 0 aromatic heterocycles. The zero-order valence-electron chi connectivity index (χ0n) is 12.4. The van der Waals surface area contributed by atoms with Gasteiger partial charge < -0.3 is 5.73 Å². The Balaban J connectivity index is 2.24. The molecule has 5 heteroatoms. The van der Waals surface area contributed by atoms with E-state index in [9.17, 15) is 8.42 Å². The van der Waals surface area contributed by atoms with E-state index in [1.54, 1.807) is 12.1 Å². The van der Waals surface area contributed by atoms with Gasteiger partial charge in [0.1, 0.15) is 0 Å². The molecule has 0 aliphatic rings. The van der Waals surface area contributed by atoms with E-state index >= 15 is 0 Å². The molecule has 0 aliphatic carbocycles. The van der Waals surface area contributed by atoms with Crippen molar-refractivity contribution in [3.63, 3.8) is 0 Å². The molecule has 0 saturated heterocycles. The number of nitrogens with two attached hydrogens (primary N) is 1. The Kier molecular flexibility index (Phi) is 4.34. The van der Waals surface area contributed by atoms with Crippen LogP contribution < -0.4 is 10.5 Å². The second-order valence-corrected chi connectivity index (χ2v) is 6.99. The van der Waals surface area contributed by atoms with Crippen LogP contribution in [0.3, 0.4) is 0 Å². The molecule has 0 spiro atoms. The maximum Gasteiger partial charge on any atom is 0.241 e. The molecule has 0 heterocycles. The minimum Gasteiger partial charge on any atom is -0.398 e. The van der Waals surface area contributed by atoms with Crippen LogP contribution in [0.25, 0.3) is 0 Å². The van der Waals surface area contributed by atoms with Gasteiger partial charge in [0.25, 0.3) is 0 Å². The Morgan fingerprint density at radius 1 is 1.05 bits per heavy atom. The summed E-state index contributed by atoms with van der Waals surface area (Å²) in [5.41, 5.74) is 9.18. The van der Waals surface area contributed by atoms with Gasteiger partial charge in [0.2, 0.25) is 10.0 Å². The molecular formula is C16H20N2O2S. The SMILES string of the molecule is Cc1ccc(C(C)NS(=O)(=O)c2ccc(C)c(N)c2)cc1. The van der Waals surface area contributed by atoms with Gasteiger partial charge in [0.15, 0.2) is 0 Å². The molecule has 2 rings (SSSR count). The molecular weight excluding hydrogens is 284 g/mol. The number of hydrogen-bond donors (Lipinski definition) is 2. The highest BCUT2D eigenvalue weighted by molar-refractivity contribution is 7.89. The molecule has 3 N–H and O–H groups in total. The van der Waals surface area contributed by atoms with Gasteiger partial charge in [-0.3, -0.25) is 0 Å². The summed E-state index contributed by atoms with van der Waals surface area (Å²) < 4.78 is 27.4. The number of nitrogen functional groups attached to an aromatic ring is 1. The number of nitrogens with one attached hydrogen (secondary N) is 1. The van der Waals surface area contributed by atoms with Gasteiger partial charge in [0.05, 0.1) is 4.90 Å². The van der Waals surface area contributed by atoms with E-state index in [4.69, 9.17) is 5.73 Å². The summed E-state index contributed by atoms with van der Waals surface area (Å²) in [6.07, 6.45) is 0. The maximum atomic E-state index is 12.4. The first-order valence-corrected chi connectivity index (χ1v) is 8.23. The molecule has 0 aliphatic heterocycles. The van der Waals surface area contributed by atoms with E-state index in [1.807, 2.05) is 45.0 Å². The van der Waals surface area contributed by atoms with E-state index in [0.717, 1.165) is 16.7 Å². The maximum absolute atomic E-state index is 12.4. The number of benzene rings is 2. The van der Waals surface area contributed by atoms with Crippen LogP contribution >= 0.6 is 0 Å². The van der Waals surface area contributed by atoms with Crippen molar-refractivity contribution in [2.24, 2.45) is 0 Å². The molecule has 2 aromatic carbocycles. The fourth-order valence-corrected chi connectivity index (χ4v) is 3.28. The van der Waals surface area contributed by atoms with Crippen molar-refractivity contribution in [2.75, 3.05) is 5.73 Å². The van der Waals surface area contributed by atoms with E-state index < -0.39 is 10.0 Å². The third-order valence-electron chi connectivity index (χ3n) is 3.47. The predicted molar refractivity (Wildman–Crippen MR) is 85.5 cm³/mol. The minimum atomic E-state index is -3.59. The van der Waals surface area contributed by atoms with Gasteiger partial charge >= 0.3 is 0 Å². The van der Waals surface area contributed by atoms with Crippen molar-refractivity contribution in [3.05, 3.63) is 59.2 Å². The van der Waals surface area contributed by atoms with E-state index in [2.05, 4.69) is 4.72 Å². The predicted octanol–water partition coefficient (Wildman–Crippen LogP) is 2.93. The molecule has 4 nitrogen and oxygen atoms in total. The monoisotopic (exact) mass is 304 g/mol. The Hall–Kier alpha value is -1.85. The molecule has 0 amide bonds. The first-order chi connectivity index (χ1) is 9.79. The molecule has 2 aromatic rings. The Labute approximate surface area is 126 Å². The van der Waals surface area contributed by atoms with Crippen molar-refractivity contribution in [3.8, 4) is 0 Å². The Morgan fingerprint density at radius 3 is 2.24 bits per heavy atom. The normalized spacial score (nSPS) is 13.1. The van der Waals surface area contributed by atoms with E-state index in [1.165, 1.54) is 6.07 Å². The molecule has 0 radical (unpaired) electrons. The second kappa shape index (κ2) is 5.87. The van der Waals surface area contributed by atoms with Crippen LogP contribution in [-0.2, 0) is 10.0 Å². The molecule has 0 bridgehead atoms. The van der Waals surface area contributed by atoms with Crippen LogP contribution in [0.15, 0.2) is 47.4 Å². The largest absolute Gasteiger partial charge is 0.398 e. The van der Waals surface area contributed by atoms with E-state index in [0.29, 0.717) is 5.69 Å². The summed E-state index contributed by atoms with van der Waals surface area (Å²) in [6.45, 7) is 5.65. The minimum absolute atomic E-state index is 0.185. The van der Waals surface area contributed by atoms with Crippen LogP contribution in [0.4, 0.5) is 5.69 Å². The van der Waals surface area contributed by atoms with Crippen molar-refractivity contribution < 1.29 is 8.42 Å². The van der Waals surface area contributed by atoms with Crippen molar-refractivity contribution in [1.82, 2.24) is 4.72 Å². The number of sulfonamides is 1. The van der Waals surface area contributed by atoms with Crippen LogP contribution in [-0.4, -0.2) is 8.42 Å². The summed E-state index contributed by atoms with van der Waals surface area (Å²) in [5.74, 6) is 0. The summed E-state index contributed by atoms with van der Waals surface area (Å²) in [6, 6.07) is 12.2. The molecule has 0 fully saturated rings. The highest BCUT2D eigenvalue weighted by Gasteiger charge is 2.18. The summed E-state index contributed by atoms with van der Waals surface area (Å²) in [4.78, 5) is 0.185. The summed E-state index contributed by atoms with van der Waals surface area (Å²) in [5, 5.41) is 0. The van der Waals surface area contributed by atoms with Gasteiger partial charge in [0, 0.05) is 11.7 Å². The summed E-state index contributed by atoms with van der Waals surface area (Å²) >= 11 is 0. The summed E-state index contributed by atoms with van der Waals surface area (Å²) in [7, 11) is -3.59. The molecule has 1 unspecified atom stereocenters. The number of rotatable bonds is 4.